The number of amides is 1. The van der Waals surface area contributed by atoms with Gasteiger partial charge in [0.05, 0.1) is 5.57 Å². The second kappa shape index (κ2) is 2.55. The van der Waals surface area contributed by atoms with Crippen LogP contribution in [-0.2, 0) is 4.79 Å². The highest BCUT2D eigenvalue weighted by Gasteiger charge is 2.25. The number of ketones is 1. The summed E-state index contributed by atoms with van der Waals surface area (Å²) >= 11 is 0. The first-order valence-electron chi connectivity index (χ1n) is 3.85. The van der Waals surface area contributed by atoms with E-state index in [1.807, 2.05) is 6.07 Å². The van der Waals surface area contributed by atoms with Crippen LogP contribution >= 0.6 is 0 Å². The highest BCUT2D eigenvalue weighted by atomic mass is 16.2. The summed E-state index contributed by atoms with van der Waals surface area (Å²) in [6.07, 6.45) is 1.53. The molecule has 1 aromatic carbocycles. The van der Waals surface area contributed by atoms with Crippen LogP contribution in [0.1, 0.15) is 15.9 Å². The van der Waals surface area contributed by atoms with E-state index in [9.17, 15) is 9.59 Å². The van der Waals surface area contributed by atoms with Crippen molar-refractivity contribution in [2.45, 2.75) is 0 Å². The summed E-state index contributed by atoms with van der Waals surface area (Å²) in [6.45, 7) is 0. The van der Waals surface area contributed by atoms with Crippen LogP contribution in [0.3, 0.4) is 0 Å². The van der Waals surface area contributed by atoms with Gasteiger partial charge < -0.3 is 5.73 Å². The van der Waals surface area contributed by atoms with Crippen LogP contribution in [0, 0.1) is 0 Å². The molecular formula is C10H7NO2. The average Bonchev–Trinajstić information content (AvgIpc) is 2.45. The van der Waals surface area contributed by atoms with Crippen LogP contribution in [0.15, 0.2) is 29.8 Å². The van der Waals surface area contributed by atoms with Gasteiger partial charge in [-0.3, -0.25) is 9.59 Å². The van der Waals surface area contributed by atoms with Crippen LogP contribution in [-0.4, -0.2) is 11.7 Å². The van der Waals surface area contributed by atoms with E-state index in [-0.39, 0.29) is 11.4 Å². The lowest BCUT2D eigenvalue weighted by atomic mass is 10.1. The number of hydrogen-bond donors (Lipinski definition) is 1. The first-order valence-corrected chi connectivity index (χ1v) is 3.85. The lowest BCUT2D eigenvalue weighted by Gasteiger charge is -1.94. The third kappa shape index (κ3) is 1.05. The molecule has 3 nitrogen and oxygen atoms in total. The Hall–Kier alpha value is -1.90. The van der Waals surface area contributed by atoms with Gasteiger partial charge in [0.1, 0.15) is 0 Å². The first-order chi connectivity index (χ1) is 6.20. The molecule has 1 aromatic rings. The van der Waals surface area contributed by atoms with E-state index in [0.717, 1.165) is 5.56 Å². The Labute approximate surface area is 74.9 Å². The molecule has 1 aliphatic carbocycles. The van der Waals surface area contributed by atoms with Gasteiger partial charge in [0.25, 0.3) is 5.91 Å². The Morgan fingerprint density at radius 1 is 1.23 bits per heavy atom. The van der Waals surface area contributed by atoms with Gasteiger partial charge in [-0.05, 0) is 11.6 Å². The summed E-state index contributed by atoms with van der Waals surface area (Å²) in [7, 11) is 0. The summed E-state index contributed by atoms with van der Waals surface area (Å²) in [5.74, 6) is -0.940. The highest BCUT2D eigenvalue weighted by Crippen LogP contribution is 2.23. The molecule has 13 heavy (non-hydrogen) atoms. The van der Waals surface area contributed by atoms with Gasteiger partial charge in [0, 0.05) is 5.56 Å². The molecule has 3 heteroatoms. The van der Waals surface area contributed by atoms with E-state index in [0.29, 0.717) is 5.56 Å². The molecule has 0 fully saturated rings. The lowest BCUT2D eigenvalue weighted by Crippen LogP contribution is -2.18. The first kappa shape index (κ1) is 7.73. The van der Waals surface area contributed by atoms with Gasteiger partial charge in [0.15, 0.2) is 5.78 Å². The largest absolute Gasteiger partial charge is 0.365 e. The molecule has 1 amide bonds. The Kier molecular flexibility index (Phi) is 1.52. The third-order valence-electron chi connectivity index (χ3n) is 2.02. The van der Waals surface area contributed by atoms with Crippen molar-refractivity contribution in [1.82, 2.24) is 0 Å². The molecule has 1 aliphatic rings. The fourth-order valence-corrected chi connectivity index (χ4v) is 1.38. The van der Waals surface area contributed by atoms with Crippen molar-refractivity contribution in [2.24, 2.45) is 5.73 Å². The van der Waals surface area contributed by atoms with E-state index in [4.69, 9.17) is 5.73 Å². The molecule has 0 atom stereocenters. The molecule has 0 bridgehead atoms. The molecule has 0 heterocycles. The maximum Gasteiger partial charge on any atom is 0.252 e. The predicted octanol–water partition coefficient (Wildman–Crippen LogP) is 0.752. The molecule has 2 rings (SSSR count). The summed E-state index contributed by atoms with van der Waals surface area (Å²) in [5, 5.41) is 0. The summed E-state index contributed by atoms with van der Waals surface area (Å²) in [5.41, 5.74) is 6.43. The van der Waals surface area contributed by atoms with Crippen LogP contribution in [0.2, 0.25) is 0 Å². The standard InChI is InChI=1S/C10H7NO2/c11-10(13)8-5-6-3-1-2-4-7(6)9(8)12/h1-5H,(H2,11,13). The highest BCUT2D eigenvalue weighted by molar-refractivity contribution is 6.32. The quantitative estimate of drug-likeness (QED) is 0.637. The van der Waals surface area contributed by atoms with Crippen molar-refractivity contribution in [3.05, 3.63) is 41.0 Å². The summed E-state index contributed by atoms with van der Waals surface area (Å²) < 4.78 is 0. The van der Waals surface area contributed by atoms with Crippen molar-refractivity contribution in [3.63, 3.8) is 0 Å². The lowest BCUT2D eigenvalue weighted by molar-refractivity contribution is -0.114. The maximum atomic E-state index is 11.5. The van der Waals surface area contributed by atoms with Gasteiger partial charge in [-0.2, -0.15) is 0 Å². The number of primary amides is 1. The second-order valence-corrected chi connectivity index (χ2v) is 2.84. The van der Waals surface area contributed by atoms with Gasteiger partial charge >= 0.3 is 0 Å². The van der Waals surface area contributed by atoms with E-state index >= 15 is 0 Å². The van der Waals surface area contributed by atoms with Crippen LogP contribution in [0.5, 0.6) is 0 Å². The fourth-order valence-electron chi connectivity index (χ4n) is 1.38. The Bertz CT molecular complexity index is 432. The number of carbonyl (C=O) groups excluding carboxylic acids is 2. The van der Waals surface area contributed by atoms with Gasteiger partial charge in [0.2, 0.25) is 0 Å². The van der Waals surface area contributed by atoms with Gasteiger partial charge in [-0.25, -0.2) is 0 Å². The summed E-state index contributed by atoms with van der Waals surface area (Å²) in [4.78, 5) is 22.3. The van der Waals surface area contributed by atoms with Crippen LogP contribution < -0.4 is 5.73 Å². The predicted molar refractivity (Wildman–Crippen MR) is 47.9 cm³/mol. The topological polar surface area (TPSA) is 60.2 Å². The summed E-state index contributed by atoms with van der Waals surface area (Å²) in [6, 6.07) is 7.04. The maximum absolute atomic E-state index is 11.5. The smallest absolute Gasteiger partial charge is 0.252 e. The second-order valence-electron chi connectivity index (χ2n) is 2.84. The van der Waals surface area contributed by atoms with Gasteiger partial charge in [-0.15, -0.1) is 0 Å². The minimum absolute atomic E-state index is 0.0706. The minimum Gasteiger partial charge on any atom is -0.365 e. The Morgan fingerprint density at radius 2 is 1.92 bits per heavy atom. The number of fused-ring (bicyclic) bond motifs is 1. The molecule has 0 unspecified atom stereocenters. The van der Waals surface area contributed by atoms with Gasteiger partial charge in [-0.1, -0.05) is 24.3 Å². The van der Waals surface area contributed by atoms with Crippen molar-refractivity contribution >= 4 is 17.8 Å². The number of benzene rings is 1. The van der Waals surface area contributed by atoms with E-state index in [1.165, 1.54) is 6.08 Å². The van der Waals surface area contributed by atoms with E-state index in [1.54, 1.807) is 18.2 Å². The molecule has 0 spiro atoms. The van der Waals surface area contributed by atoms with E-state index < -0.39 is 5.91 Å². The van der Waals surface area contributed by atoms with Crippen molar-refractivity contribution in [2.75, 3.05) is 0 Å². The molecule has 0 radical (unpaired) electrons. The zero-order valence-electron chi connectivity index (χ0n) is 6.78. The van der Waals surface area contributed by atoms with Crippen LogP contribution in [0.4, 0.5) is 0 Å². The SMILES string of the molecule is NC(=O)C1=Cc2ccccc2C1=O. The third-order valence-corrected chi connectivity index (χ3v) is 2.02. The number of carbonyl (C=O) groups is 2. The molecule has 0 aromatic heterocycles. The Balaban J connectivity index is 2.57. The molecular weight excluding hydrogens is 166 g/mol. The van der Waals surface area contributed by atoms with E-state index in [2.05, 4.69) is 0 Å². The molecule has 0 aliphatic heterocycles. The zero-order chi connectivity index (χ0) is 9.42. The molecule has 2 N–H and O–H groups in total. The zero-order valence-corrected chi connectivity index (χ0v) is 6.78. The molecule has 0 saturated carbocycles. The number of rotatable bonds is 1. The molecule has 64 valence electrons. The van der Waals surface area contributed by atoms with Crippen molar-refractivity contribution in [3.8, 4) is 0 Å². The average molecular weight is 173 g/mol. The number of hydrogen-bond acceptors (Lipinski definition) is 2. The van der Waals surface area contributed by atoms with Crippen molar-refractivity contribution < 1.29 is 9.59 Å². The molecule has 0 saturated heterocycles. The van der Waals surface area contributed by atoms with Crippen molar-refractivity contribution in [1.29, 1.82) is 0 Å². The minimum atomic E-state index is -0.666. The normalized spacial score (nSPS) is 13.8. The van der Waals surface area contributed by atoms with Crippen LogP contribution in [0.25, 0.3) is 6.08 Å². The number of nitrogens with two attached hydrogens (primary N) is 1. The fraction of sp³-hybridized carbons (Fsp3) is 0. The Morgan fingerprint density at radius 3 is 2.54 bits per heavy atom. The number of Topliss-reactive ketones (excluding diaryl/α,β-unsaturated/α-hetero) is 1. The monoisotopic (exact) mass is 173 g/mol.